The zero-order valence-electron chi connectivity index (χ0n) is 14.9. The van der Waals surface area contributed by atoms with E-state index in [0.29, 0.717) is 5.69 Å². The molecule has 0 amide bonds. The monoisotopic (exact) mass is 383 g/mol. The molecular weight excluding hydrogens is 362 g/mol. The van der Waals surface area contributed by atoms with Crippen LogP contribution >= 0.6 is 11.3 Å². The lowest BCUT2D eigenvalue weighted by atomic mass is 10.1. The molecule has 7 nitrogen and oxygen atoms in total. The highest BCUT2D eigenvalue weighted by Gasteiger charge is 2.18. The molecule has 2 aromatic heterocycles. The van der Waals surface area contributed by atoms with Gasteiger partial charge < -0.3 is 20.5 Å². The Morgan fingerprint density at radius 3 is 2.85 bits per heavy atom. The number of aromatic nitrogens is 3. The van der Waals surface area contributed by atoms with Gasteiger partial charge in [-0.3, -0.25) is 9.97 Å². The summed E-state index contributed by atoms with van der Waals surface area (Å²) >= 11 is 1.41. The number of thiazole rings is 1. The average molecular weight is 383 g/mol. The summed E-state index contributed by atoms with van der Waals surface area (Å²) in [6.45, 7) is 4.32. The molecule has 0 bridgehead atoms. The van der Waals surface area contributed by atoms with E-state index in [4.69, 9.17) is 4.74 Å². The van der Waals surface area contributed by atoms with Crippen molar-refractivity contribution in [1.29, 1.82) is 0 Å². The second-order valence-corrected chi connectivity index (χ2v) is 7.32. The molecule has 4 rings (SSSR count). The van der Waals surface area contributed by atoms with Gasteiger partial charge in [0.1, 0.15) is 10.7 Å². The van der Waals surface area contributed by atoms with Gasteiger partial charge in [0.05, 0.1) is 29.5 Å². The number of anilines is 1. The number of ether oxygens (including phenoxy) is 1. The molecular formula is C19H21N5O2S. The number of aliphatic hydroxyl groups excluding tert-OH is 1. The lowest BCUT2D eigenvalue weighted by Crippen LogP contribution is -2.33. The van der Waals surface area contributed by atoms with Crippen molar-refractivity contribution >= 4 is 17.0 Å². The smallest absolute Gasteiger partial charge is 0.162 e. The number of nitrogens with one attached hydrogen (secondary N) is 2. The standard InChI is InChI=1S/C19H21N5O2S/c1-12-17(27-19(23-12)15-10-20-6-7-22-15)18(25)24-14-4-2-13(3-5-14)16-11-21-8-9-26-16/h2-7,10,16,18,21,24-25H,8-9,11H2,1H3. The molecule has 0 aliphatic carbocycles. The Kier molecular flexibility index (Phi) is 5.40. The molecule has 2 unspecified atom stereocenters. The molecule has 2 atom stereocenters. The van der Waals surface area contributed by atoms with Gasteiger partial charge >= 0.3 is 0 Å². The van der Waals surface area contributed by atoms with Gasteiger partial charge in [0.15, 0.2) is 6.23 Å². The topological polar surface area (TPSA) is 92.2 Å². The van der Waals surface area contributed by atoms with E-state index in [2.05, 4.69) is 25.6 Å². The summed E-state index contributed by atoms with van der Waals surface area (Å²) in [4.78, 5) is 13.6. The number of morpholine rings is 1. The van der Waals surface area contributed by atoms with Gasteiger partial charge in [-0.15, -0.1) is 11.3 Å². The van der Waals surface area contributed by atoms with E-state index in [0.717, 1.165) is 46.5 Å². The third-order valence-corrected chi connectivity index (χ3v) is 5.61. The Hall–Kier alpha value is -2.39. The first-order valence-electron chi connectivity index (χ1n) is 8.81. The van der Waals surface area contributed by atoms with Gasteiger partial charge in [0.2, 0.25) is 0 Å². The van der Waals surface area contributed by atoms with Crippen LogP contribution < -0.4 is 10.6 Å². The Labute approximate surface area is 161 Å². The number of benzene rings is 1. The van der Waals surface area contributed by atoms with Crippen LogP contribution in [0.15, 0.2) is 42.9 Å². The largest absolute Gasteiger partial charge is 0.371 e. The molecule has 1 aliphatic heterocycles. The van der Waals surface area contributed by atoms with E-state index >= 15 is 0 Å². The Bertz CT molecular complexity index is 879. The first-order valence-corrected chi connectivity index (χ1v) is 9.63. The number of aryl methyl sites for hydroxylation is 1. The zero-order valence-corrected chi connectivity index (χ0v) is 15.7. The molecule has 1 aliphatic rings. The van der Waals surface area contributed by atoms with Crippen LogP contribution in [0.5, 0.6) is 0 Å². The van der Waals surface area contributed by atoms with Crippen LogP contribution in [-0.4, -0.2) is 39.8 Å². The predicted octanol–water partition coefficient (Wildman–Crippen LogP) is 2.67. The van der Waals surface area contributed by atoms with Crippen molar-refractivity contribution < 1.29 is 9.84 Å². The first-order chi connectivity index (χ1) is 13.2. The maximum absolute atomic E-state index is 10.6. The van der Waals surface area contributed by atoms with Crippen LogP contribution in [0.25, 0.3) is 10.7 Å². The summed E-state index contributed by atoms with van der Waals surface area (Å²) in [6, 6.07) is 7.96. The van der Waals surface area contributed by atoms with Crippen molar-refractivity contribution in [2.75, 3.05) is 25.0 Å². The highest BCUT2D eigenvalue weighted by Crippen LogP contribution is 2.31. The number of hydrogen-bond donors (Lipinski definition) is 3. The molecule has 1 aromatic carbocycles. The van der Waals surface area contributed by atoms with Gasteiger partial charge in [-0.25, -0.2) is 4.98 Å². The summed E-state index contributed by atoms with van der Waals surface area (Å²) in [5.74, 6) is 0. The second-order valence-electron chi connectivity index (χ2n) is 6.29. The predicted molar refractivity (Wildman–Crippen MR) is 104 cm³/mol. The number of aliphatic hydroxyl groups is 1. The second kappa shape index (κ2) is 8.10. The normalized spacial score (nSPS) is 18.2. The first kappa shape index (κ1) is 18.0. The quantitative estimate of drug-likeness (QED) is 0.583. The van der Waals surface area contributed by atoms with Gasteiger partial charge in [-0.2, -0.15) is 0 Å². The molecule has 140 valence electrons. The van der Waals surface area contributed by atoms with Crippen LogP contribution in [0.3, 0.4) is 0 Å². The van der Waals surface area contributed by atoms with Crippen molar-refractivity contribution in [3.05, 3.63) is 59.0 Å². The van der Waals surface area contributed by atoms with Gasteiger partial charge in [0.25, 0.3) is 0 Å². The molecule has 0 spiro atoms. The van der Waals surface area contributed by atoms with Crippen LogP contribution in [0.4, 0.5) is 5.69 Å². The molecule has 27 heavy (non-hydrogen) atoms. The summed E-state index contributed by atoms with van der Waals surface area (Å²) in [6.07, 6.45) is 4.16. The van der Waals surface area contributed by atoms with E-state index in [9.17, 15) is 5.11 Å². The average Bonchev–Trinajstić information content (AvgIpc) is 3.12. The van der Waals surface area contributed by atoms with Gasteiger partial charge in [0, 0.05) is 31.2 Å². The van der Waals surface area contributed by atoms with Gasteiger partial charge in [-0.05, 0) is 24.6 Å². The zero-order chi connectivity index (χ0) is 18.6. The Morgan fingerprint density at radius 1 is 1.30 bits per heavy atom. The Balaban J connectivity index is 1.46. The summed E-state index contributed by atoms with van der Waals surface area (Å²) in [5.41, 5.74) is 3.44. The Morgan fingerprint density at radius 2 is 2.15 bits per heavy atom. The van der Waals surface area contributed by atoms with Gasteiger partial charge in [-0.1, -0.05) is 12.1 Å². The van der Waals surface area contributed by atoms with Crippen molar-refractivity contribution in [1.82, 2.24) is 20.3 Å². The third kappa shape index (κ3) is 4.14. The molecule has 0 saturated carbocycles. The van der Waals surface area contributed by atoms with Crippen LogP contribution in [-0.2, 0) is 4.74 Å². The van der Waals surface area contributed by atoms with Crippen molar-refractivity contribution in [3.63, 3.8) is 0 Å². The van der Waals surface area contributed by atoms with Crippen molar-refractivity contribution in [3.8, 4) is 10.7 Å². The third-order valence-electron chi connectivity index (χ3n) is 4.38. The fraction of sp³-hybridized carbons (Fsp3) is 0.316. The minimum Gasteiger partial charge on any atom is -0.371 e. The van der Waals surface area contributed by atoms with Crippen molar-refractivity contribution in [2.24, 2.45) is 0 Å². The van der Waals surface area contributed by atoms with Crippen LogP contribution in [0.2, 0.25) is 0 Å². The molecule has 0 radical (unpaired) electrons. The molecule has 1 fully saturated rings. The molecule has 8 heteroatoms. The SMILES string of the molecule is Cc1nc(-c2cnccn2)sc1C(O)Nc1ccc(C2CNCCO2)cc1. The van der Waals surface area contributed by atoms with E-state index in [1.807, 2.05) is 31.2 Å². The van der Waals surface area contributed by atoms with E-state index in [1.165, 1.54) is 11.3 Å². The highest BCUT2D eigenvalue weighted by atomic mass is 32.1. The summed E-state index contributed by atoms with van der Waals surface area (Å²) in [5, 5.41) is 17.8. The minimum atomic E-state index is -0.841. The lowest BCUT2D eigenvalue weighted by molar-refractivity contribution is 0.0277. The fourth-order valence-corrected chi connectivity index (χ4v) is 3.94. The fourth-order valence-electron chi connectivity index (χ4n) is 2.98. The molecule has 3 aromatic rings. The molecule has 1 saturated heterocycles. The van der Waals surface area contributed by atoms with E-state index in [1.54, 1.807) is 18.6 Å². The van der Waals surface area contributed by atoms with Crippen LogP contribution in [0.1, 0.15) is 28.5 Å². The maximum Gasteiger partial charge on any atom is 0.162 e. The minimum absolute atomic E-state index is 0.0796. The van der Waals surface area contributed by atoms with E-state index < -0.39 is 6.23 Å². The molecule has 3 heterocycles. The number of rotatable bonds is 5. The van der Waals surface area contributed by atoms with Crippen LogP contribution in [0, 0.1) is 6.92 Å². The van der Waals surface area contributed by atoms with Crippen molar-refractivity contribution in [2.45, 2.75) is 19.3 Å². The summed E-state index contributed by atoms with van der Waals surface area (Å²) < 4.78 is 5.76. The number of hydrogen-bond acceptors (Lipinski definition) is 8. The highest BCUT2D eigenvalue weighted by molar-refractivity contribution is 7.15. The summed E-state index contributed by atoms with van der Waals surface area (Å²) in [7, 11) is 0. The number of nitrogens with zero attached hydrogens (tertiary/aromatic N) is 3. The lowest BCUT2D eigenvalue weighted by Gasteiger charge is -2.24. The molecule has 3 N–H and O–H groups in total. The van der Waals surface area contributed by atoms with E-state index in [-0.39, 0.29) is 6.10 Å². The maximum atomic E-state index is 10.6.